The summed E-state index contributed by atoms with van der Waals surface area (Å²) in [7, 11) is 1.59. The summed E-state index contributed by atoms with van der Waals surface area (Å²) >= 11 is 0. The Kier molecular flexibility index (Phi) is 5.13. The first-order chi connectivity index (χ1) is 13.6. The van der Waals surface area contributed by atoms with Crippen LogP contribution in [0.1, 0.15) is 17.7 Å². The molecule has 2 aliphatic rings. The maximum absolute atomic E-state index is 13.2. The monoisotopic (exact) mass is 387 g/mol. The third kappa shape index (κ3) is 3.52. The number of benzene rings is 1. The van der Waals surface area contributed by atoms with Crippen LogP contribution in [0.5, 0.6) is 0 Å². The largest absolute Gasteiger partial charge is 0.383 e. The number of hydrogen-bond donors (Lipinski definition) is 0. The third-order valence-electron chi connectivity index (χ3n) is 5.39. The molecule has 0 saturated carbocycles. The van der Waals surface area contributed by atoms with E-state index in [4.69, 9.17) is 9.26 Å². The summed E-state index contributed by atoms with van der Waals surface area (Å²) in [5.41, 5.74) is 2.45. The quantitative estimate of drug-likeness (QED) is 0.783. The fourth-order valence-electron chi connectivity index (χ4n) is 3.86. The Balaban J connectivity index is 1.44. The fraction of sp³-hybridized carbons (Fsp3) is 0.450. The van der Waals surface area contributed by atoms with E-state index in [1.807, 2.05) is 0 Å². The zero-order valence-corrected chi connectivity index (χ0v) is 15.7. The molecule has 1 unspecified atom stereocenters. The van der Waals surface area contributed by atoms with Crippen molar-refractivity contribution in [2.24, 2.45) is 5.92 Å². The van der Waals surface area contributed by atoms with Crippen LogP contribution in [0.15, 0.2) is 28.8 Å². The number of aromatic nitrogens is 1. The minimum absolute atomic E-state index is 0.00636. The minimum atomic E-state index is -0.325. The van der Waals surface area contributed by atoms with Gasteiger partial charge in [0.15, 0.2) is 5.76 Å². The van der Waals surface area contributed by atoms with Crippen molar-refractivity contribution in [2.45, 2.75) is 19.4 Å². The van der Waals surface area contributed by atoms with E-state index >= 15 is 0 Å². The van der Waals surface area contributed by atoms with Gasteiger partial charge in [-0.3, -0.25) is 9.59 Å². The number of hydrogen-bond acceptors (Lipinski definition) is 5. The molecular weight excluding hydrogens is 365 g/mol. The third-order valence-corrected chi connectivity index (χ3v) is 5.39. The van der Waals surface area contributed by atoms with Crippen molar-refractivity contribution in [3.63, 3.8) is 0 Å². The summed E-state index contributed by atoms with van der Waals surface area (Å²) < 4.78 is 23.7. The van der Waals surface area contributed by atoms with Crippen LogP contribution < -0.4 is 0 Å². The molecule has 1 aromatic heterocycles. The lowest BCUT2D eigenvalue weighted by molar-refractivity contribution is -0.136. The molecule has 28 heavy (non-hydrogen) atoms. The number of rotatable bonds is 5. The minimum Gasteiger partial charge on any atom is -0.383 e. The zero-order chi connectivity index (χ0) is 19.7. The molecule has 2 aliphatic heterocycles. The molecular formula is C20H22FN3O4. The second-order valence-corrected chi connectivity index (χ2v) is 7.19. The summed E-state index contributed by atoms with van der Waals surface area (Å²) in [4.78, 5) is 28.4. The van der Waals surface area contributed by atoms with Crippen LogP contribution in [-0.4, -0.2) is 60.1 Å². The average molecular weight is 387 g/mol. The van der Waals surface area contributed by atoms with Crippen LogP contribution in [0.3, 0.4) is 0 Å². The van der Waals surface area contributed by atoms with Gasteiger partial charge in [0, 0.05) is 44.3 Å². The molecule has 2 aromatic rings. The highest BCUT2D eigenvalue weighted by Crippen LogP contribution is 2.31. The van der Waals surface area contributed by atoms with Gasteiger partial charge in [0.1, 0.15) is 11.5 Å². The lowest BCUT2D eigenvalue weighted by Crippen LogP contribution is -2.40. The van der Waals surface area contributed by atoms with E-state index in [0.29, 0.717) is 45.0 Å². The highest BCUT2D eigenvalue weighted by molar-refractivity contribution is 5.89. The van der Waals surface area contributed by atoms with E-state index in [1.165, 1.54) is 12.1 Å². The number of halogens is 1. The Hall–Kier alpha value is -2.74. The summed E-state index contributed by atoms with van der Waals surface area (Å²) in [6.07, 6.45) is 0.858. The van der Waals surface area contributed by atoms with E-state index in [1.54, 1.807) is 29.0 Å². The summed E-state index contributed by atoms with van der Waals surface area (Å²) in [5, 5.41) is 4.13. The van der Waals surface area contributed by atoms with Gasteiger partial charge < -0.3 is 19.1 Å². The van der Waals surface area contributed by atoms with Gasteiger partial charge in [0.25, 0.3) is 0 Å². The van der Waals surface area contributed by atoms with Gasteiger partial charge in [0.2, 0.25) is 11.8 Å². The Morgan fingerprint density at radius 2 is 2.14 bits per heavy atom. The molecule has 148 valence electrons. The first kappa shape index (κ1) is 18.6. The van der Waals surface area contributed by atoms with Gasteiger partial charge in [-0.2, -0.15) is 0 Å². The number of nitrogens with zero attached hydrogens (tertiary/aromatic N) is 3. The molecule has 1 atom stereocenters. The number of carbonyl (C=O) groups is 2. The lowest BCUT2D eigenvalue weighted by atomic mass is 9.99. The molecule has 3 heterocycles. The number of ether oxygens (including phenoxy) is 1. The Bertz CT molecular complexity index is 880. The van der Waals surface area contributed by atoms with Crippen molar-refractivity contribution in [3.05, 3.63) is 41.3 Å². The van der Waals surface area contributed by atoms with E-state index < -0.39 is 0 Å². The molecule has 0 aliphatic carbocycles. The van der Waals surface area contributed by atoms with Crippen molar-refractivity contribution >= 4 is 11.8 Å². The molecule has 8 heteroatoms. The highest BCUT2D eigenvalue weighted by atomic mass is 19.1. The Morgan fingerprint density at radius 1 is 1.36 bits per heavy atom. The fourth-order valence-corrected chi connectivity index (χ4v) is 3.86. The van der Waals surface area contributed by atoms with Crippen LogP contribution in [0, 0.1) is 11.7 Å². The van der Waals surface area contributed by atoms with Gasteiger partial charge in [0.05, 0.1) is 19.1 Å². The van der Waals surface area contributed by atoms with Gasteiger partial charge >= 0.3 is 0 Å². The van der Waals surface area contributed by atoms with Gasteiger partial charge in [-0.25, -0.2) is 4.39 Å². The second kappa shape index (κ2) is 7.71. The molecule has 1 aromatic carbocycles. The average Bonchev–Trinajstić information content (AvgIpc) is 3.29. The molecule has 4 rings (SSSR count). The smallest absolute Gasteiger partial charge is 0.228 e. The number of carbonyl (C=O) groups excluding carboxylic acids is 2. The highest BCUT2D eigenvalue weighted by Gasteiger charge is 2.38. The molecule has 7 nitrogen and oxygen atoms in total. The summed E-state index contributed by atoms with van der Waals surface area (Å²) in [6.45, 7) is 2.31. The first-order valence-corrected chi connectivity index (χ1v) is 9.35. The Labute approximate surface area is 162 Å². The van der Waals surface area contributed by atoms with Crippen LogP contribution >= 0.6 is 0 Å². The van der Waals surface area contributed by atoms with Crippen LogP contribution in [-0.2, 0) is 27.3 Å². The SMILES string of the molecule is COCCN1CC(C(=O)N2CCc3c(noc3-c3ccc(F)cc3)C2)CC1=O. The molecule has 0 spiro atoms. The summed E-state index contributed by atoms with van der Waals surface area (Å²) in [5.74, 6) is -0.0313. The van der Waals surface area contributed by atoms with Crippen molar-refractivity contribution in [1.82, 2.24) is 15.0 Å². The number of fused-ring (bicyclic) bond motifs is 1. The molecule has 1 saturated heterocycles. The molecule has 0 bridgehead atoms. The van der Waals surface area contributed by atoms with Gasteiger partial charge in [-0.15, -0.1) is 0 Å². The number of likely N-dealkylation sites (tertiary alicyclic amines) is 1. The first-order valence-electron chi connectivity index (χ1n) is 9.35. The predicted octanol–water partition coefficient (Wildman–Crippen LogP) is 1.86. The van der Waals surface area contributed by atoms with Crippen molar-refractivity contribution < 1.29 is 23.2 Å². The van der Waals surface area contributed by atoms with E-state index in [0.717, 1.165) is 16.8 Å². The van der Waals surface area contributed by atoms with E-state index in [9.17, 15) is 14.0 Å². The molecule has 2 amide bonds. The topological polar surface area (TPSA) is 75.9 Å². The van der Waals surface area contributed by atoms with Crippen molar-refractivity contribution in [2.75, 3.05) is 33.4 Å². The van der Waals surface area contributed by atoms with E-state index in [2.05, 4.69) is 5.16 Å². The van der Waals surface area contributed by atoms with E-state index in [-0.39, 0.29) is 30.0 Å². The molecule has 1 fully saturated rings. The summed E-state index contributed by atoms with van der Waals surface area (Å²) in [6, 6.07) is 6.09. The van der Waals surface area contributed by atoms with Crippen LogP contribution in [0.25, 0.3) is 11.3 Å². The zero-order valence-electron chi connectivity index (χ0n) is 15.7. The van der Waals surface area contributed by atoms with Crippen LogP contribution in [0.4, 0.5) is 4.39 Å². The maximum Gasteiger partial charge on any atom is 0.228 e. The lowest BCUT2D eigenvalue weighted by Gasteiger charge is -2.28. The number of amides is 2. The molecule has 0 N–H and O–H groups in total. The van der Waals surface area contributed by atoms with Crippen molar-refractivity contribution in [3.8, 4) is 11.3 Å². The van der Waals surface area contributed by atoms with Gasteiger partial charge in [-0.05, 0) is 30.7 Å². The molecule has 0 radical (unpaired) electrons. The number of methoxy groups -OCH3 is 1. The van der Waals surface area contributed by atoms with Gasteiger partial charge in [-0.1, -0.05) is 5.16 Å². The van der Waals surface area contributed by atoms with Crippen LogP contribution in [0.2, 0.25) is 0 Å². The normalized spacial score (nSPS) is 19.2. The van der Waals surface area contributed by atoms with Crippen molar-refractivity contribution in [1.29, 1.82) is 0 Å². The standard InChI is InChI=1S/C20H22FN3O4/c1-27-9-8-23-11-14(10-18(23)25)20(26)24-7-6-16-17(12-24)22-28-19(16)13-2-4-15(21)5-3-13/h2-5,14H,6-12H2,1H3. The Morgan fingerprint density at radius 3 is 2.89 bits per heavy atom. The predicted molar refractivity (Wildman–Crippen MR) is 97.6 cm³/mol. The second-order valence-electron chi connectivity index (χ2n) is 7.19. The maximum atomic E-state index is 13.2.